The third-order valence-electron chi connectivity index (χ3n) is 8.86. The Bertz CT molecular complexity index is 1930. The monoisotopic (exact) mass is 624 g/mol. The summed E-state index contributed by atoms with van der Waals surface area (Å²) in [5.74, 6) is -3.98. The molecule has 11 heteroatoms. The first-order valence-electron chi connectivity index (χ1n) is 13.8. The minimum atomic E-state index is -1.27. The normalized spacial score (nSPS) is 23.0. The van der Waals surface area contributed by atoms with Crippen molar-refractivity contribution in [2.75, 3.05) is 4.90 Å². The van der Waals surface area contributed by atoms with Crippen molar-refractivity contribution < 1.29 is 19.3 Å². The fourth-order valence-corrected chi connectivity index (χ4v) is 7.68. The van der Waals surface area contributed by atoms with Crippen LogP contribution >= 0.6 is 23.2 Å². The van der Waals surface area contributed by atoms with Crippen LogP contribution in [0.25, 0.3) is 0 Å². The predicted octanol–water partition coefficient (Wildman–Crippen LogP) is 6.18. The van der Waals surface area contributed by atoms with Gasteiger partial charge in [0.15, 0.2) is 0 Å². The van der Waals surface area contributed by atoms with Gasteiger partial charge < -0.3 is 0 Å². The summed E-state index contributed by atoms with van der Waals surface area (Å²) in [5, 5.41) is 16.9. The Morgan fingerprint density at radius 2 is 1.61 bits per heavy atom. The smallest absolute Gasteiger partial charge is 0.274 e. The predicted molar refractivity (Wildman–Crippen MR) is 165 cm³/mol. The Morgan fingerprint density at radius 1 is 0.955 bits per heavy atom. The molecule has 3 aliphatic carbocycles. The van der Waals surface area contributed by atoms with Crippen LogP contribution in [0, 0.1) is 28.9 Å². The third kappa shape index (κ3) is 3.86. The molecule has 3 amide bonds. The Morgan fingerprint density at radius 3 is 2.25 bits per heavy atom. The first-order chi connectivity index (χ1) is 21.1. The molecule has 9 nitrogen and oxygen atoms in total. The molecule has 4 aromatic rings. The van der Waals surface area contributed by atoms with Crippen LogP contribution in [0.15, 0.2) is 90.0 Å². The second kappa shape index (κ2) is 10.1. The summed E-state index contributed by atoms with van der Waals surface area (Å²) >= 11 is 12.2. The van der Waals surface area contributed by atoms with E-state index in [0.29, 0.717) is 10.6 Å². The highest BCUT2D eigenvalue weighted by Crippen LogP contribution is 2.64. The average Bonchev–Trinajstić information content (AvgIpc) is 3.27. The van der Waals surface area contributed by atoms with E-state index in [2.05, 4.69) is 10.5 Å². The molecule has 4 aliphatic rings. The zero-order valence-electron chi connectivity index (χ0n) is 23.0. The largest absolute Gasteiger partial charge is 0.293 e. The number of amides is 3. The molecule has 0 unspecified atom stereocenters. The zero-order valence-corrected chi connectivity index (χ0v) is 24.5. The number of hydrogen-bond acceptors (Lipinski definition) is 6. The Balaban J connectivity index is 1.41. The number of carbonyl (C=O) groups excluding carboxylic acids is 3. The maximum Gasteiger partial charge on any atom is 0.293 e. The number of nitro groups is 1. The van der Waals surface area contributed by atoms with E-state index < -0.39 is 45.8 Å². The lowest BCUT2D eigenvalue weighted by molar-refractivity contribution is -0.384. The molecule has 1 saturated heterocycles. The molecule has 218 valence electrons. The number of anilines is 1. The van der Waals surface area contributed by atoms with Gasteiger partial charge in [0.25, 0.3) is 11.6 Å². The number of hydrazone groups is 1. The van der Waals surface area contributed by atoms with E-state index in [0.717, 1.165) is 27.2 Å². The van der Waals surface area contributed by atoms with Gasteiger partial charge in [-0.3, -0.25) is 24.5 Å². The van der Waals surface area contributed by atoms with Gasteiger partial charge in [-0.2, -0.15) is 5.10 Å². The highest BCUT2D eigenvalue weighted by atomic mass is 35.5. The van der Waals surface area contributed by atoms with Gasteiger partial charge in [-0.25, -0.2) is 10.3 Å². The molecule has 1 N–H and O–H groups in total. The SMILES string of the molecule is Cc1ccc(N2C(=O)[C@H]3C4c5ccccc5C(/C=N\NC(=O)c5ccc(Cl)cc5Cl)(c5ccccc54)[C@H]3C2=O)c([N+](=O)[O-])c1. The second-order valence-corrected chi connectivity index (χ2v) is 12.0. The molecule has 2 bridgehead atoms. The van der Waals surface area contributed by atoms with Crippen molar-refractivity contribution in [3.63, 3.8) is 0 Å². The van der Waals surface area contributed by atoms with E-state index in [9.17, 15) is 24.5 Å². The first-order valence-corrected chi connectivity index (χ1v) is 14.5. The number of benzene rings is 4. The van der Waals surface area contributed by atoms with Crippen molar-refractivity contribution in [2.45, 2.75) is 18.3 Å². The summed E-state index contributed by atoms with van der Waals surface area (Å²) in [4.78, 5) is 54.4. The number of nitro benzene ring substituents is 1. The Hall–Kier alpha value is -4.86. The first kappa shape index (κ1) is 27.9. The molecule has 1 fully saturated rings. The number of aryl methyl sites for hydroxylation is 1. The van der Waals surface area contributed by atoms with E-state index in [1.807, 2.05) is 48.5 Å². The highest BCUT2D eigenvalue weighted by Gasteiger charge is 2.68. The number of imide groups is 1. The van der Waals surface area contributed by atoms with Crippen LogP contribution in [0.3, 0.4) is 0 Å². The molecule has 2 atom stereocenters. The van der Waals surface area contributed by atoms with Gasteiger partial charge in [-0.15, -0.1) is 0 Å². The lowest BCUT2D eigenvalue weighted by atomic mass is 9.47. The van der Waals surface area contributed by atoms with Gasteiger partial charge in [-0.05, 0) is 59.0 Å². The fourth-order valence-electron chi connectivity index (χ4n) is 7.18. The topological polar surface area (TPSA) is 122 Å². The molecule has 1 heterocycles. The molecule has 1 aliphatic heterocycles. The van der Waals surface area contributed by atoms with Crippen molar-refractivity contribution in [3.8, 4) is 0 Å². The standard InChI is InChI=1S/C33H22Cl2N4O5/c1-17-10-13-25(26(14-17)39(43)44)38-31(41)28-27-19-6-2-4-8-22(19)33(29(28)32(38)42,23-9-5-3-7-20(23)27)16-36-37-30(40)21-12-11-18(34)15-24(21)35/h2-16,27-29H,1H3,(H,37,40)/b36-16-/t27?,28-,29+,33?/m0/s1. The number of nitrogens with one attached hydrogen (secondary N) is 1. The van der Waals surface area contributed by atoms with E-state index in [1.54, 1.807) is 13.0 Å². The third-order valence-corrected chi connectivity index (χ3v) is 9.41. The molecule has 0 aromatic heterocycles. The van der Waals surface area contributed by atoms with Gasteiger partial charge in [-0.1, -0.05) is 77.8 Å². The zero-order chi connectivity index (χ0) is 30.9. The van der Waals surface area contributed by atoms with E-state index in [-0.39, 0.29) is 22.0 Å². The molecule has 8 rings (SSSR count). The van der Waals surface area contributed by atoms with Crippen LogP contribution in [0.5, 0.6) is 0 Å². The number of rotatable bonds is 5. The lowest BCUT2D eigenvalue weighted by Crippen LogP contribution is -2.54. The van der Waals surface area contributed by atoms with Crippen molar-refractivity contribution >= 4 is 58.5 Å². The van der Waals surface area contributed by atoms with Crippen molar-refractivity contribution in [2.24, 2.45) is 16.9 Å². The molecule has 44 heavy (non-hydrogen) atoms. The van der Waals surface area contributed by atoms with Crippen LogP contribution in [0.1, 0.15) is 44.1 Å². The van der Waals surface area contributed by atoms with Gasteiger partial charge in [0.2, 0.25) is 11.8 Å². The maximum absolute atomic E-state index is 14.5. The number of hydrogen-bond donors (Lipinski definition) is 1. The molecular formula is C33H22Cl2N4O5. The maximum atomic E-state index is 14.5. The van der Waals surface area contributed by atoms with Crippen LogP contribution in [0.2, 0.25) is 10.0 Å². The summed E-state index contributed by atoms with van der Waals surface area (Å²) in [7, 11) is 0. The van der Waals surface area contributed by atoms with Crippen LogP contribution in [0.4, 0.5) is 11.4 Å². The van der Waals surface area contributed by atoms with Crippen molar-refractivity contribution in [1.29, 1.82) is 0 Å². The van der Waals surface area contributed by atoms with Gasteiger partial charge >= 0.3 is 0 Å². The van der Waals surface area contributed by atoms with Crippen LogP contribution in [-0.2, 0) is 15.0 Å². The average molecular weight is 625 g/mol. The van der Waals surface area contributed by atoms with Crippen LogP contribution in [-0.4, -0.2) is 28.9 Å². The van der Waals surface area contributed by atoms with E-state index >= 15 is 0 Å². The molecule has 0 spiro atoms. The fraction of sp³-hybridized carbons (Fsp3) is 0.152. The number of carbonyl (C=O) groups is 3. The van der Waals surface area contributed by atoms with Crippen molar-refractivity contribution in [3.05, 3.63) is 138 Å². The molecular weight excluding hydrogens is 603 g/mol. The second-order valence-electron chi connectivity index (χ2n) is 11.1. The summed E-state index contributed by atoms with van der Waals surface area (Å²) in [5.41, 5.74) is 4.88. The minimum absolute atomic E-state index is 0.0738. The summed E-state index contributed by atoms with van der Waals surface area (Å²) in [6.07, 6.45) is 1.51. The van der Waals surface area contributed by atoms with E-state index in [1.165, 1.54) is 36.5 Å². The highest BCUT2D eigenvalue weighted by molar-refractivity contribution is 6.36. The minimum Gasteiger partial charge on any atom is -0.274 e. The van der Waals surface area contributed by atoms with Crippen molar-refractivity contribution in [1.82, 2.24) is 5.43 Å². The Labute approximate surface area is 261 Å². The molecule has 4 aromatic carbocycles. The molecule has 0 radical (unpaired) electrons. The summed E-state index contributed by atoms with van der Waals surface area (Å²) in [6, 6.07) is 24.0. The lowest BCUT2D eigenvalue weighted by Gasteiger charge is -2.52. The van der Waals surface area contributed by atoms with Gasteiger partial charge in [0.1, 0.15) is 5.69 Å². The molecule has 0 saturated carbocycles. The number of nitrogens with zero attached hydrogens (tertiary/aromatic N) is 3. The Kier molecular flexibility index (Phi) is 6.42. The quantitative estimate of drug-likeness (QED) is 0.123. The van der Waals surface area contributed by atoms with Gasteiger partial charge in [0, 0.05) is 23.2 Å². The summed E-state index contributed by atoms with van der Waals surface area (Å²) in [6.45, 7) is 1.70. The summed E-state index contributed by atoms with van der Waals surface area (Å²) < 4.78 is 0. The van der Waals surface area contributed by atoms with Gasteiger partial charge in [0.05, 0.1) is 32.8 Å². The van der Waals surface area contributed by atoms with E-state index in [4.69, 9.17) is 23.2 Å². The van der Waals surface area contributed by atoms with Crippen LogP contribution < -0.4 is 10.3 Å². The number of halogens is 2.